The van der Waals surface area contributed by atoms with Crippen molar-refractivity contribution in [3.8, 4) is 6.07 Å². The number of para-hydroxylation sites is 1. The second kappa shape index (κ2) is 7.46. The van der Waals surface area contributed by atoms with Crippen LogP contribution < -0.4 is 10.2 Å². The van der Waals surface area contributed by atoms with Crippen molar-refractivity contribution in [2.24, 2.45) is 0 Å². The lowest BCUT2D eigenvalue weighted by Gasteiger charge is -2.18. The van der Waals surface area contributed by atoms with Gasteiger partial charge >= 0.3 is 0 Å². The molecular weight excluding hydrogens is 346 g/mol. The van der Waals surface area contributed by atoms with Gasteiger partial charge in [-0.2, -0.15) is 5.26 Å². The van der Waals surface area contributed by atoms with Crippen LogP contribution in [-0.4, -0.2) is 17.6 Å². The number of carbonyl (C=O) groups excluding carboxylic acids is 2. The van der Waals surface area contributed by atoms with Gasteiger partial charge in [0.25, 0.3) is 5.91 Å². The van der Waals surface area contributed by atoms with Gasteiger partial charge in [0.05, 0.1) is 5.75 Å². The third-order valence-corrected chi connectivity index (χ3v) is 4.88. The van der Waals surface area contributed by atoms with Crippen LogP contribution >= 0.6 is 11.8 Å². The van der Waals surface area contributed by atoms with Crippen LogP contribution in [-0.2, 0) is 9.59 Å². The Kier molecular flexibility index (Phi) is 5.10. The van der Waals surface area contributed by atoms with Crippen molar-refractivity contribution in [3.05, 3.63) is 70.3 Å². The molecule has 1 N–H and O–H groups in total. The van der Waals surface area contributed by atoms with Crippen LogP contribution in [0.2, 0.25) is 0 Å². The first kappa shape index (κ1) is 17.8. The molecule has 0 aromatic heterocycles. The minimum absolute atomic E-state index is 0.0659. The Balaban J connectivity index is 1.96. The molecule has 1 aliphatic heterocycles. The van der Waals surface area contributed by atoms with Crippen LogP contribution in [0.15, 0.2) is 59.1 Å². The number of aryl methyl sites for hydroxylation is 2. The maximum Gasteiger partial charge on any atom is 0.269 e. The van der Waals surface area contributed by atoms with E-state index < -0.39 is 5.91 Å². The number of hydrogen-bond acceptors (Lipinski definition) is 4. The standard InChI is InChI=1S/C20H17N3O2S/c1-13-8-14(2)10-15(9-13)22-19(25)17(11-21)20-23(18(24)12-26-20)16-6-4-3-5-7-16/h3-10H,12H2,1-2H3,(H,22,25)/b20-17-. The van der Waals surface area contributed by atoms with Crippen LogP contribution in [0, 0.1) is 25.2 Å². The fourth-order valence-electron chi connectivity index (χ4n) is 2.83. The molecule has 0 saturated carbocycles. The summed E-state index contributed by atoms with van der Waals surface area (Å²) in [6.45, 7) is 3.88. The number of carbonyl (C=O) groups is 2. The summed E-state index contributed by atoms with van der Waals surface area (Å²) in [7, 11) is 0. The summed E-state index contributed by atoms with van der Waals surface area (Å²) in [5, 5.41) is 12.7. The largest absolute Gasteiger partial charge is 0.321 e. The lowest BCUT2D eigenvalue weighted by Crippen LogP contribution is -2.26. The summed E-state index contributed by atoms with van der Waals surface area (Å²) in [5.41, 5.74) is 3.24. The Morgan fingerprint density at radius 3 is 2.42 bits per heavy atom. The summed E-state index contributed by atoms with van der Waals surface area (Å²) in [6, 6.07) is 16.7. The summed E-state index contributed by atoms with van der Waals surface area (Å²) >= 11 is 1.20. The molecule has 0 atom stereocenters. The number of nitrogens with zero attached hydrogens (tertiary/aromatic N) is 2. The zero-order chi connectivity index (χ0) is 18.7. The summed E-state index contributed by atoms with van der Waals surface area (Å²) in [6.07, 6.45) is 0. The van der Waals surface area contributed by atoms with Gasteiger partial charge in [-0.1, -0.05) is 36.0 Å². The topological polar surface area (TPSA) is 73.2 Å². The molecule has 0 unspecified atom stereocenters. The van der Waals surface area contributed by atoms with Crippen molar-refractivity contribution in [3.63, 3.8) is 0 Å². The normalized spacial score (nSPS) is 15.6. The monoisotopic (exact) mass is 363 g/mol. The van der Waals surface area contributed by atoms with E-state index in [0.29, 0.717) is 16.4 Å². The fourth-order valence-corrected chi connectivity index (χ4v) is 3.84. The van der Waals surface area contributed by atoms with E-state index in [1.165, 1.54) is 16.7 Å². The summed E-state index contributed by atoms with van der Waals surface area (Å²) in [5.74, 6) is -0.467. The van der Waals surface area contributed by atoms with Gasteiger partial charge in [-0.3, -0.25) is 14.5 Å². The second-order valence-corrected chi connectivity index (χ2v) is 6.94. The van der Waals surface area contributed by atoms with Crippen molar-refractivity contribution < 1.29 is 9.59 Å². The number of benzene rings is 2. The highest BCUT2D eigenvalue weighted by molar-refractivity contribution is 8.04. The van der Waals surface area contributed by atoms with Gasteiger partial charge in [0.2, 0.25) is 5.91 Å². The molecule has 130 valence electrons. The highest BCUT2D eigenvalue weighted by Gasteiger charge is 2.33. The van der Waals surface area contributed by atoms with Gasteiger partial charge in [0.1, 0.15) is 16.7 Å². The van der Waals surface area contributed by atoms with E-state index in [4.69, 9.17) is 0 Å². The highest BCUT2D eigenvalue weighted by Crippen LogP contribution is 2.36. The molecule has 5 nitrogen and oxygen atoms in total. The predicted molar refractivity (Wildman–Crippen MR) is 104 cm³/mol. The molecule has 0 aliphatic carbocycles. The first-order chi connectivity index (χ1) is 12.5. The maximum absolute atomic E-state index is 12.7. The SMILES string of the molecule is Cc1cc(C)cc(NC(=O)/C(C#N)=C2\SCC(=O)N2c2ccccc2)c1. The quantitative estimate of drug-likeness (QED) is 0.666. The van der Waals surface area contributed by atoms with Crippen LogP contribution in [0.25, 0.3) is 0 Å². The lowest BCUT2D eigenvalue weighted by molar-refractivity contribution is -0.115. The van der Waals surface area contributed by atoms with Crippen LogP contribution in [0.4, 0.5) is 11.4 Å². The van der Waals surface area contributed by atoms with E-state index >= 15 is 0 Å². The van der Waals surface area contributed by atoms with E-state index in [0.717, 1.165) is 11.1 Å². The number of amides is 2. The van der Waals surface area contributed by atoms with Gasteiger partial charge in [0, 0.05) is 11.4 Å². The number of hydrogen-bond donors (Lipinski definition) is 1. The molecule has 0 radical (unpaired) electrons. The number of nitriles is 1. The summed E-state index contributed by atoms with van der Waals surface area (Å²) < 4.78 is 0. The fraction of sp³-hybridized carbons (Fsp3) is 0.150. The average Bonchev–Trinajstić information content (AvgIpc) is 2.96. The molecular formula is C20H17N3O2S. The Morgan fingerprint density at radius 1 is 1.15 bits per heavy atom. The van der Waals surface area contributed by atoms with Crippen LogP contribution in [0.1, 0.15) is 11.1 Å². The third kappa shape index (κ3) is 3.63. The minimum Gasteiger partial charge on any atom is -0.321 e. The molecule has 2 aromatic carbocycles. The average molecular weight is 363 g/mol. The Bertz CT molecular complexity index is 925. The molecule has 6 heteroatoms. The Hall–Kier alpha value is -3.04. The van der Waals surface area contributed by atoms with Gasteiger partial charge in [-0.25, -0.2) is 0 Å². The number of nitrogens with one attached hydrogen (secondary N) is 1. The van der Waals surface area contributed by atoms with Gasteiger partial charge < -0.3 is 5.32 Å². The molecule has 1 aliphatic rings. The number of thioether (sulfide) groups is 1. The van der Waals surface area contributed by atoms with Crippen molar-refractivity contribution in [2.75, 3.05) is 16.0 Å². The first-order valence-corrected chi connectivity index (χ1v) is 9.03. The second-order valence-electron chi connectivity index (χ2n) is 5.98. The first-order valence-electron chi connectivity index (χ1n) is 8.04. The molecule has 0 bridgehead atoms. The van der Waals surface area contributed by atoms with Crippen LogP contribution in [0.3, 0.4) is 0 Å². The Morgan fingerprint density at radius 2 is 1.81 bits per heavy atom. The van der Waals surface area contributed by atoms with E-state index in [1.807, 2.05) is 56.3 Å². The van der Waals surface area contributed by atoms with E-state index in [9.17, 15) is 14.9 Å². The highest BCUT2D eigenvalue weighted by atomic mass is 32.2. The maximum atomic E-state index is 12.7. The lowest BCUT2D eigenvalue weighted by atomic mass is 10.1. The van der Waals surface area contributed by atoms with E-state index in [1.54, 1.807) is 12.1 Å². The van der Waals surface area contributed by atoms with Crippen molar-refractivity contribution in [2.45, 2.75) is 13.8 Å². The minimum atomic E-state index is -0.518. The zero-order valence-electron chi connectivity index (χ0n) is 14.4. The van der Waals surface area contributed by atoms with Gasteiger partial charge in [-0.05, 0) is 49.2 Å². The molecule has 3 rings (SSSR count). The molecule has 26 heavy (non-hydrogen) atoms. The Labute approximate surface area is 156 Å². The molecule has 2 aromatic rings. The predicted octanol–water partition coefficient (Wildman–Crippen LogP) is 3.76. The molecule has 1 heterocycles. The van der Waals surface area contributed by atoms with Gasteiger partial charge in [-0.15, -0.1) is 0 Å². The molecule has 2 amide bonds. The van der Waals surface area contributed by atoms with E-state index in [2.05, 4.69) is 5.32 Å². The van der Waals surface area contributed by atoms with Gasteiger partial charge in [0.15, 0.2) is 0 Å². The van der Waals surface area contributed by atoms with Crippen molar-refractivity contribution in [1.82, 2.24) is 0 Å². The van der Waals surface area contributed by atoms with Crippen molar-refractivity contribution in [1.29, 1.82) is 5.26 Å². The summed E-state index contributed by atoms with van der Waals surface area (Å²) in [4.78, 5) is 26.4. The number of anilines is 2. The number of rotatable bonds is 3. The zero-order valence-corrected chi connectivity index (χ0v) is 15.3. The third-order valence-electron chi connectivity index (χ3n) is 3.83. The molecule has 1 saturated heterocycles. The molecule has 1 fully saturated rings. The van der Waals surface area contributed by atoms with E-state index in [-0.39, 0.29) is 17.2 Å². The van der Waals surface area contributed by atoms with Crippen LogP contribution in [0.5, 0.6) is 0 Å². The van der Waals surface area contributed by atoms with Crippen molar-refractivity contribution >= 4 is 35.0 Å². The smallest absolute Gasteiger partial charge is 0.269 e. The molecule has 0 spiro atoms.